The van der Waals surface area contributed by atoms with Gasteiger partial charge in [0.25, 0.3) is 11.8 Å². The zero-order chi connectivity index (χ0) is 34.9. The van der Waals surface area contributed by atoms with Gasteiger partial charge in [-0.1, -0.05) is 25.5 Å². The molecule has 2 saturated heterocycles. The Morgan fingerprint density at radius 1 is 1.00 bits per heavy atom. The number of aromatic nitrogens is 1. The molecule has 0 saturated carbocycles. The van der Waals surface area contributed by atoms with E-state index in [0.717, 1.165) is 54.0 Å². The van der Waals surface area contributed by atoms with E-state index >= 15 is 0 Å². The number of benzene rings is 2. The summed E-state index contributed by atoms with van der Waals surface area (Å²) < 4.78 is 88.6. The van der Waals surface area contributed by atoms with Crippen LogP contribution >= 0.6 is 0 Å². The summed E-state index contributed by atoms with van der Waals surface area (Å²) >= 11 is 0. The average Bonchev–Trinajstić information content (AvgIpc) is 3.55. The predicted octanol–water partition coefficient (Wildman–Crippen LogP) is 7.42. The van der Waals surface area contributed by atoms with Crippen molar-refractivity contribution < 1.29 is 40.7 Å². The van der Waals surface area contributed by atoms with Gasteiger partial charge in [0.05, 0.1) is 22.7 Å². The molecule has 0 aliphatic carbocycles. The van der Waals surface area contributed by atoms with Gasteiger partial charge in [0.15, 0.2) is 0 Å². The van der Waals surface area contributed by atoms with Gasteiger partial charge in [-0.3, -0.25) is 14.6 Å². The van der Waals surface area contributed by atoms with E-state index in [1.54, 1.807) is 4.90 Å². The summed E-state index contributed by atoms with van der Waals surface area (Å²) in [5.74, 6) is -1.42. The highest BCUT2D eigenvalue weighted by Gasteiger charge is 2.56. The van der Waals surface area contributed by atoms with Crippen LogP contribution in [0.25, 0.3) is 0 Å². The fourth-order valence-corrected chi connectivity index (χ4v) is 6.83. The van der Waals surface area contributed by atoms with E-state index in [1.165, 1.54) is 4.90 Å². The number of anilines is 1. The maximum absolute atomic E-state index is 14.8. The van der Waals surface area contributed by atoms with Crippen molar-refractivity contribution in [3.63, 3.8) is 0 Å². The van der Waals surface area contributed by atoms with Crippen LogP contribution in [0.2, 0.25) is 0 Å². The van der Waals surface area contributed by atoms with Crippen molar-refractivity contribution in [2.45, 2.75) is 68.9 Å². The quantitative estimate of drug-likeness (QED) is 0.233. The molecule has 0 radical (unpaired) electrons. The first-order chi connectivity index (χ1) is 22.7. The molecule has 7 nitrogen and oxygen atoms in total. The van der Waals surface area contributed by atoms with Crippen molar-refractivity contribution >= 4 is 17.5 Å². The Bertz CT molecular complexity index is 1610. The number of nitrogens with zero attached hydrogens (tertiary/aromatic N) is 4. The van der Waals surface area contributed by atoms with E-state index in [4.69, 9.17) is 4.74 Å². The predicted molar refractivity (Wildman–Crippen MR) is 168 cm³/mol. The summed E-state index contributed by atoms with van der Waals surface area (Å²) in [6.45, 7) is 2.57. The Labute approximate surface area is 275 Å². The summed E-state index contributed by atoms with van der Waals surface area (Å²) in [7, 11) is 3.86. The molecule has 13 heteroatoms. The Morgan fingerprint density at radius 2 is 1.73 bits per heavy atom. The van der Waals surface area contributed by atoms with Crippen molar-refractivity contribution in [3.05, 3.63) is 89.2 Å². The smallest absolute Gasteiger partial charge is 0.417 e. The first kappa shape index (κ1) is 35.0. The highest BCUT2D eigenvalue weighted by molar-refractivity contribution is 5.97. The molecular weight excluding hydrogens is 638 g/mol. The number of alkyl halides is 6. The fourth-order valence-electron chi connectivity index (χ4n) is 6.83. The minimum absolute atomic E-state index is 0.00680. The number of carbonyl (C=O) groups is 2. The molecule has 2 fully saturated rings. The Morgan fingerprint density at radius 3 is 2.38 bits per heavy atom. The van der Waals surface area contributed by atoms with Crippen LogP contribution in [0.15, 0.2) is 67.0 Å². The number of halogens is 6. The number of carbonyl (C=O) groups excluding carboxylic acids is 2. The molecule has 2 aromatic carbocycles. The summed E-state index contributed by atoms with van der Waals surface area (Å²) in [6, 6.07) is 11.6. The van der Waals surface area contributed by atoms with Crippen LogP contribution in [0.1, 0.15) is 72.0 Å². The lowest BCUT2D eigenvalue weighted by Crippen LogP contribution is -2.67. The zero-order valence-corrected chi connectivity index (χ0v) is 26.9. The summed E-state index contributed by atoms with van der Waals surface area (Å²) in [6.07, 6.45) is -6.00. The summed E-state index contributed by atoms with van der Waals surface area (Å²) in [4.78, 5) is 37.5. The molecule has 1 unspecified atom stereocenters. The first-order valence-corrected chi connectivity index (χ1v) is 15.9. The molecular formula is C35H38F6N4O3. The normalized spacial score (nSPS) is 21.7. The largest absolute Gasteiger partial charge is 0.475 e. The molecule has 0 bridgehead atoms. The lowest BCUT2D eigenvalue weighted by Gasteiger charge is -2.49. The van der Waals surface area contributed by atoms with Gasteiger partial charge in [-0.05, 0) is 67.3 Å². The fraction of sp³-hybridized carbons (Fsp3) is 0.457. The minimum atomic E-state index is -4.83. The Kier molecular flexibility index (Phi) is 9.98. The number of rotatable bonds is 8. The maximum atomic E-state index is 14.8. The van der Waals surface area contributed by atoms with Crippen molar-refractivity contribution in [1.82, 2.24) is 14.8 Å². The minimum Gasteiger partial charge on any atom is -0.475 e. The molecule has 0 spiro atoms. The van der Waals surface area contributed by atoms with Gasteiger partial charge in [-0.2, -0.15) is 26.3 Å². The molecule has 2 aliphatic rings. The molecule has 3 heterocycles. The van der Waals surface area contributed by atoms with E-state index in [-0.39, 0.29) is 37.5 Å². The van der Waals surface area contributed by atoms with Gasteiger partial charge in [0.1, 0.15) is 5.75 Å². The second-order valence-corrected chi connectivity index (χ2v) is 12.6. The third-order valence-electron chi connectivity index (χ3n) is 9.22. The van der Waals surface area contributed by atoms with Crippen LogP contribution in [0.3, 0.4) is 0 Å². The van der Waals surface area contributed by atoms with Gasteiger partial charge in [-0.25, -0.2) is 0 Å². The van der Waals surface area contributed by atoms with Crippen molar-refractivity contribution in [2.24, 2.45) is 0 Å². The van der Waals surface area contributed by atoms with Crippen molar-refractivity contribution in [1.29, 1.82) is 0 Å². The van der Waals surface area contributed by atoms with Gasteiger partial charge in [-0.15, -0.1) is 0 Å². The molecule has 2 aliphatic heterocycles. The van der Waals surface area contributed by atoms with Crippen molar-refractivity contribution in [2.75, 3.05) is 38.6 Å². The molecule has 0 N–H and O–H groups in total. The number of ether oxygens (including phenoxy) is 1. The Balaban J connectivity index is 1.55. The number of piperidine rings is 1. The molecule has 5 rings (SSSR count). The molecule has 48 heavy (non-hydrogen) atoms. The summed E-state index contributed by atoms with van der Waals surface area (Å²) in [5, 5.41) is 0. The van der Waals surface area contributed by atoms with Gasteiger partial charge < -0.3 is 19.4 Å². The van der Waals surface area contributed by atoms with Crippen molar-refractivity contribution in [3.8, 4) is 5.75 Å². The third kappa shape index (κ3) is 7.09. The van der Waals surface area contributed by atoms with E-state index in [1.807, 2.05) is 44.1 Å². The second-order valence-electron chi connectivity index (χ2n) is 12.6. The molecule has 3 aromatic rings. The van der Waals surface area contributed by atoms with E-state index in [2.05, 4.69) is 11.1 Å². The second kappa shape index (κ2) is 13.7. The number of pyridine rings is 1. The Hall–Kier alpha value is -4.29. The number of hydrogen-bond donors (Lipinski definition) is 0. The van der Waals surface area contributed by atoms with E-state index in [9.17, 15) is 35.9 Å². The number of hydrogen-bond acceptors (Lipinski definition) is 5. The number of amides is 2. The number of likely N-dealkylation sites (tertiary alicyclic amines) is 2. The first-order valence-electron chi connectivity index (χ1n) is 15.9. The molecule has 3 atom stereocenters. The third-order valence-corrected chi connectivity index (χ3v) is 9.22. The van der Waals surface area contributed by atoms with Crippen LogP contribution in [-0.4, -0.2) is 72.0 Å². The zero-order valence-electron chi connectivity index (χ0n) is 26.9. The molecule has 2 amide bonds. The van der Waals surface area contributed by atoms with Crippen LogP contribution in [0, 0.1) is 0 Å². The standard InChI is InChI=1S/C35H38F6N4O3/c1-4-7-30-33(48-27-12-10-25(11-13-27)34(36,37)38,16-6-18-45(30)31(46)28-21-42-17-14-29(28)35(39,40)41)32(47)44-19-15-24(22-44)23-8-5-9-26(20-23)43(2)3/h5,8-14,17,20-21,24,30H,4,6-7,15-16,18-19,22H2,1-3H3/t24?,30-,33+/m1/s1. The van der Waals surface area contributed by atoms with Gasteiger partial charge >= 0.3 is 12.4 Å². The van der Waals surface area contributed by atoms with Gasteiger partial charge in [0.2, 0.25) is 5.60 Å². The highest BCUT2D eigenvalue weighted by atomic mass is 19.4. The van der Waals surface area contributed by atoms with E-state index in [0.29, 0.717) is 25.9 Å². The lowest BCUT2D eigenvalue weighted by atomic mass is 9.79. The lowest BCUT2D eigenvalue weighted by molar-refractivity contribution is -0.158. The monoisotopic (exact) mass is 676 g/mol. The van der Waals surface area contributed by atoms with Crippen LogP contribution in [0.5, 0.6) is 5.75 Å². The summed E-state index contributed by atoms with van der Waals surface area (Å²) in [5.41, 5.74) is -2.44. The van der Waals surface area contributed by atoms with Gasteiger partial charge in [0, 0.05) is 64.1 Å². The van der Waals surface area contributed by atoms with Crippen LogP contribution < -0.4 is 9.64 Å². The SMILES string of the molecule is CCC[C@H]1N(C(=O)c2cnccc2C(F)(F)F)CCC[C@@]1(Oc1ccc(C(F)(F)F)cc1)C(=O)N1CCC(c2cccc(N(C)C)c2)C1. The molecule has 1 aromatic heterocycles. The topological polar surface area (TPSA) is 66.0 Å². The van der Waals surface area contributed by atoms with E-state index < -0.39 is 52.5 Å². The maximum Gasteiger partial charge on any atom is 0.417 e. The average molecular weight is 677 g/mol. The highest BCUT2D eigenvalue weighted by Crippen LogP contribution is 2.42. The van der Waals surface area contributed by atoms with Crippen LogP contribution in [-0.2, 0) is 17.1 Å². The van der Waals surface area contributed by atoms with Crippen LogP contribution in [0.4, 0.5) is 32.0 Å². The molecule has 258 valence electrons.